The van der Waals surface area contributed by atoms with Gasteiger partial charge in [-0.1, -0.05) is 35.3 Å². The smallest absolute Gasteiger partial charge is 0.220 e. The predicted octanol–water partition coefficient (Wildman–Crippen LogP) is 5.32. The van der Waals surface area contributed by atoms with E-state index in [0.29, 0.717) is 23.9 Å². The summed E-state index contributed by atoms with van der Waals surface area (Å²) >= 11 is 16.0. The standard InChI is InChI=1S/C20H17BrCl2N4O/c1-28-18-6-13(16(23)7-15(18)21)19-14-9-27(10-17(14)25-20(24)26-19)8-11-2-4-12(22)5-3-11/h2-7H,8-10H2,1H3,(H2,24,25,26). The average molecular weight is 480 g/mol. The molecule has 2 heterocycles. The van der Waals surface area contributed by atoms with Crippen molar-refractivity contribution in [3.05, 3.63) is 67.7 Å². The summed E-state index contributed by atoms with van der Waals surface area (Å²) in [5.41, 5.74) is 10.7. The summed E-state index contributed by atoms with van der Waals surface area (Å²) in [6.45, 7) is 2.19. The molecular weight excluding hydrogens is 463 g/mol. The Balaban J connectivity index is 1.70. The van der Waals surface area contributed by atoms with Crippen LogP contribution in [0.3, 0.4) is 0 Å². The first-order valence-corrected chi connectivity index (χ1v) is 10.1. The van der Waals surface area contributed by atoms with Gasteiger partial charge in [0.05, 0.1) is 28.0 Å². The molecule has 1 aliphatic heterocycles. The van der Waals surface area contributed by atoms with Gasteiger partial charge in [0.2, 0.25) is 5.95 Å². The lowest BCUT2D eigenvalue weighted by Gasteiger charge is -2.15. The normalized spacial score (nSPS) is 13.6. The Labute approximate surface area is 181 Å². The molecule has 0 spiro atoms. The molecule has 0 radical (unpaired) electrons. The zero-order valence-corrected chi connectivity index (χ0v) is 18.1. The van der Waals surface area contributed by atoms with Gasteiger partial charge in [-0.05, 0) is 45.8 Å². The number of hydrogen-bond donors (Lipinski definition) is 1. The molecule has 8 heteroatoms. The summed E-state index contributed by atoms with van der Waals surface area (Å²) in [6, 6.07) is 11.5. The van der Waals surface area contributed by atoms with Gasteiger partial charge in [-0.25, -0.2) is 9.97 Å². The number of aromatic nitrogens is 2. The Bertz CT molecular complexity index is 1040. The minimum Gasteiger partial charge on any atom is -0.496 e. The van der Waals surface area contributed by atoms with Crippen LogP contribution in [0.4, 0.5) is 5.95 Å². The third kappa shape index (κ3) is 3.82. The number of ether oxygens (including phenoxy) is 1. The molecule has 28 heavy (non-hydrogen) atoms. The van der Waals surface area contributed by atoms with Crippen LogP contribution in [0.25, 0.3) is 11.3 Å². The largest absolute Gasteiger partial charge is 0.496 e. The summed E-state index contributed by atoms with van der Waals surface area (Å²) < 4.78 is 6.20. The summed E-state index contributed by atoms with van der Waals surface area (Å²) in [5.74, 6) is 0.918. The highest BCUT2D eigenvalue weighted by Crippen LogP contribution is 2.40. The second kappa shape index (κ2) is 7.87. The summed E-state index contributed by atoms with van der Waals surface area (Å²) in [5, 5.41) is 1.30. The SMILES string of the molecule is COc1cc(-c2nc(N)nc3c2CN(Cc2ccc(Cl)cc2)C3)c(Cl)cc1Br. The number of fused-ring (bicyclic) bond motifs is 1. The van der Waals surface area contributed by atoms with Crippen LogP contribution in [0.2, 0.25) is 10.0 Å². The van der Waals surface area contributed by atoms with Crippen LogP contribution >= 0.6 is 39.1 Å². The maximum Gasteiger partial charge on any atom is 0.220 e. The molecule has 0 aliphatic carbocycles. The van der Waals surface area contributed by atoms with E-state index in [-0.39, 0.29) is 5.95 Å². The number of anilines is 1. The van der Waals surface area contributed by atoms with Crippen molar-refractivity contribution >= 4 is 45.1 Å². The monoisotopic (exact) mass is 478 g/mol. The molecule has 0 fully saturated rings. The summed E-state index contributed by atoms with van der Waals surface area (Å²) in [4.78, 5) is 11.2. The number of halogens is 3. The van der Waals surface area contributed by atoms with Gasteiger partial charge in [-0.2, -0.15) is 0 Å². The lowest BCUT2D eigenvalue weighted by Crippen LogP contribution is -2.15. The predicted molar refractivity (Wildman–Crippen MR) is 116 cm³/mol. The number of hydrogen-bond acceptors (Lipinski definition) is 5. The van der Waals surface area contributed by atoms with Crippen molar-refractivity contribution in [1.29, 1.82) is 0 Å². The fraction of sp³-hybridized carbons (Fsp3) is 0.200. The lowest BCUT2D eigenvalue weighted by molar-refractivity contribution is 0.274. The van der Waals surface area contributed by atoms with E-state index in [0.717, 1.165) is 38.6 Å². The van der Waals surface area contributed by atoms with E-state index in [1.807, 2.05) is 30.3 Å². The molecule has 0 bridgehead atoms. The van der Waals surface area contributed by atoms with Crippen molar-refractivity contribution < 1.29 is 4.74 Å². The molecule has 4 rings (SSSR count). The van der Waals surface area contributed by atoms with Gasteiger partial charge in [-0.3, -0.25) is 4.90 Å². The zero-order chi connectivity index (χ0) is 19.8. The molecule has 0 saturated heterocycles. The minimum atomic E-state index is 0.236. The van der Waals surface area contributed by atoms with Crippen molar-refractivity contribution in [3.8, 4) is 17.0 Å². The second-order valence-electron chi connectivity index (χ2n) is 6.59. The van der Waals surface area contributed by atoms with E-state index in [1.54, 1.807) is 13.2 Å². The van der Waals surface area contributed by atoms with Gasteiger partial charge in [0.15, 0.2) is 0 Å². The van der Waals surface area contributed by atoms with Crippen LogP contribution in [0, 0.1) is 0 Å². The van der Waals surface area contributed by atoms with Crippen LogP contribution in [-0.2, 0) is 19.6 Å². The van der Waals surface area contributed by atoms with Crippen LogP contribution in [-0.4, -0.2) is 22.0 Å². The fourth-order valence-electron chi connectivity index (χ4n) is 3.39. The minimum absolute atomic E-state index is 0.236. The Kier molecular flexibility index (Phi) is 5.47. The lowest BCUT2D eigenvalue weighted by atomic mass is 10.1. The number of nitrogens with zero attached hydrogens (tertiary/aromatic N) is 3. The highest BCUT2D eigenvalue weighted by Gasteiger charge is 2.27. The molecule has 1 aliphatic rings. The van der Waals surface area contributed by atoms with Crippen LogP contribution in [0.1, 0.15) is 16.8 Å². The quantitative estimate of drug-likeness (QED) is 0.548. The van der Waals surface area contributed by atoms with Crippen LogP contribution < -0.4 is 10.5 Å². The number of benzene rings is 2. The van der Waals surface area contributed by atoms with Crippen molar-refractivity contribution in [2.45, 2.75) is 19.6 Å². The number of nitrogens with two attached hydrogens (primary N) is 1. The van der Waals surface area contributed by atoms with E-state index >= 15 is 0 Å². The van der Waals surface area contributed by atoms with E-state index in [2.05, 4.69) is 30.8 Å². The molecule has 1 aromatic heterocycles. The van der Waals surface area contributed by atoms with Gasteiger partial charge < -0.3 is 10.5 Å². The van der Waals surface area contributed by atoms with Gasteiger partial charge in [-0.15, -0.1) is 0 Å². The third-order valence-electron chi connectivity index (χ3n) is 4.68. The molecule has 0 amide bonds. The Hall–Kier alpha value is -1.86. The number of methoxy groups -OCH3 is 1. The molecule has 5 nitrogen and oxygen atoms in total. The Morgan fingerprint density at radius 3 is 2.61 bits per heavy atom. The third-order valence-corrected chi connectivity index (χ3v) is 5.87. The highest BCUT2D eigenvalue weighted by atomic mass is 79.9. The zero-order valence-electron chi connectivity index (χ0n) is 15.0. The van der Waals surface area contributed by atoms with Gasteiger partial charge in [0.1, 0.15) is 5.75 Å². The van der Waals surface area contributed by atoms with Crippen LogP contribution in [0.5, 0.6) is 5.75 Å². The van der Waals surface area contributed by atoms with E-state index in [1.165, 1.54) is 5.56 Å². The molecule has 0 atom stereocenters. The van der Waals surface area contributed by atoms with Gasteiger partial charge in [0, 0.05) is 35.8 Å². The maximum absolute atomic E-state index is 6.52. The molecule has 2 aromatic carbocycles. The van der Waals surface area contributed by atoms with Crippen molar-refractivity contribution in [1.82, 2.24) is 14.9 Å². The van der Waals surface area contributed by atoms with Gasteiger partial charge >= 0.3 is 0 Å². The first-order chi connectivity index (χ1) is 13.4. The van der Waals surface area contributed by atoms with Crippen molar-refractivity contribution in [3.63, 3.8) is 0 Å². The van der Waals surface area contributed by atoms with Crippen molar-refractivity contribution in [2.75, 3.05) is 12.8 Å². The molecule has 0 saturated carbocycles. The molecule has 144 valence electrons. The number of nitrogen functional groups attached to an aromatic ring is 1. The maximum atomic E-state index is 6.52. The second-order valence-corrected chi connectivity index (χ2v) is 8.29. The molecule has 0 unspecified atom stereocenters. The van der Waals surface area contributed by atoms with Crippen molar-refractivity contribution in [2.24, 2.45) is 0 Å². The Morgan fingerprint density at radius 2 is 1.89 bits per heavy atom. The fourth-order valence-corrected chi connectivity index (χ4v) is 4.40. The summed E-state index contributed by atoms with van der Waals surface area (Å²) in [7, 11) is 1.62. The van der Waals surface area contributed by atoms with E-state index in [4.69, 9.17) is 33.7 Å². The molecule has 3 aromatic rings. The summed E-state index contributed by atoms with van der Waals surface area (Å²) in [6.07, 6.45) is 0. The van der Waals surface area contributed by atoms with E-state index in [9.17, 15) is 0 Å². The first kappa shape index (κ1) is 19.5. The Morgan fingerprint density at radius 1 is 1.14 bits per heavy atom. The van der Waals surface area contributed by atoms with Gasteiger partial charge in [0.25, 0.3) is 0 Å². The van der Waals surface area contributed by atoms with Crippen LogP contribution in [0.15, 0.2) is 40.9 Å². The average Bonchev–Trinajstić information content (AvgIpc) is 3.05. The highest BCUT2D eigenvalue weighted by molar-refractivity contribution is 9.10. The number of rotatable bonds is 4. The van der Waals surface area contributed by atoms with E-state index < -0.39 is 0 Å². The molecular formula is C20H17BrCl2N4O. The topological polar surface area (TPSA) is 64.3 Å². The first-order valence-electron chi connectivity index (χ1n) is 8.60. The molecule has 2 N–H and O–H groups in total.